The molecule has 4 nitrogen and oxygen atoms in total. The number of nitrogens with two attached hydrogens (primary N) is 1. The molecule has 0 aliphatic carbocycles. The van der Waals surface area contributed by atoms with Crippen molar-refractivity contribution in [2.24, 2.45) is 5.73 Å². The fourth-order valence-corrected chi connectivity index (χ4v) is 1.36. The zero-order valence-corrected chi connectivity index (χ0v) is 7.72. The number of hydrogen-bond donors (Lipinski definition) is 2. The van der Waals surface area contributed by atoms with Crippen molar-refractivity contribution in [1.29, 1.82) is 0 Å². The molecule has 0 saturated carbocycles. The van der Waals surface area contributed by atoms with E-state index in [1.807, 2.05) is 18.2 Å². The van der Waals surface area contributed by atoms with E-state index in [9.17, 15) is 0 Å². The van der Waals surface area contributed by atoms with Crippen LogP contribution in [0.25, 0.3) is 0 Å². The first-order valence-corrected chi connectivity index (χ1v) is 4.51. The van der Waals surface area contributed by atoms with Gasteiger partial charge in [0.05, 0.1) is 6.04 Å². The van der Waals surface area contributed by atoms with Crippen molar-refractivity contribution >= 4 is 0 Å². The van der Waals surface area contributed by atoms with E-state index in [4.69, 9.17) is 5.73 Å². The van der Waals surface area contributed by atoms with Crippen molar-refractivity contribution in [1.82, 2.24) is 15.2 Å². The van der Waals surface area contributed by atoms with E-state index in [1.54, 1.807) is 0 Å². The molecule has 2 rings (SSSR count). The number of hydrogen-bond acceptors (Lipinski definition) is 3. The molecule has 1 heterocycles. The molecule has 1 atom stereocenters. The van der Waals surface area contributed by atoms with Gasteiger partial charge in [0.15, 0.2) is 0 Å². The van der Waals surface area contributed by atoms with Gasteiger partial charge in [0.25, 0.3) is 0 Å². The zero-order valence-electron chi connectivity index (χ0n) is 7.72. The quantitative estimate of drug-likeness (QED) is 0.756. The van der Waals surface area contributed by atoms with Gasteiger partial charge in [-0.2, -0.15) is 5.10 Å². The summed E-state index contributed by atoms with van der Waals surface area (Å²) in [4.78, 5) is 4.02. The van der Waals surface area contributed by atoms with Gasteiger partial charge in [-0.25, -0.2) is 4.98 Å². The van der Waals surface area contributed by atoms with Crippen LogP contribution in [0.2, 0.25) is 0 Å². The van der Waals surface area contributed by atoms with Crippen molar-refractivity contribution in [2.45, 2.75) is 12.5 Å². The van der Waals surface area contributed by atoms with Gasteiger partial charge in [-0.1, -0.05) is 30.3 Å². The van der Waals surface area contributed by atoms with Crippen molar-refractivity contribution in [2.75, 3.05) is 0 Å². The SMILES string of the molecule is N[C@@H](Cc1ccccc1)c1ncn[nH]1. The molecule has 2 aromatic rings. The maximum atomic E-state index is 5.94. The molecule has 1 aromatic heterocycles. The average Bonchev–Trinajstić information content (AvgIpc) is 2.72. The third kappa shape index (κ3) is 1.97. The van der Waals surface area contributed by atoms with Crippen molar-refractivity contribution < 1.29 is 0 Å². The summed E-state index contributed by atoms with van der Waals surface area (Å²) in [6.07, 6.45) is 2.25. The zero-order chi connectivity index (χ0) is 9.80. The maximum Gasteiger partial charge on any atom is 0.141 e. The van der Waals surface area contributed by atoms with Gasteiger partial charge in [-0.3, -0.25) is 5.10 Å². The van der Waals surface area contributed by atoms with Crippen LogP contribution in [0.1, 0.15) is 17.4 Å². The molecule has 72 valence electrons. The Bertz CT molecular complexity index is 368. The summed E-state index contributed by atoms with van der Waals surface area (Å²) >= 11 is 0. The van der Waals surface area contributed by atoms with Gasteiger partial charge in [0, 0.05) is 0 Å². The van der Waals surface area contributed by atoms with E-state index in [2.05, 4.69) is 27.3 Å². The lowest BCUT2D eigenvalue weighted by Gasteiger charge is -2.07. The van der Waals surface area contributed by atoms with Gasteiger partial charge in [0.2, 0.25) is 0 Å². The van der Waals surface area contributed by atoms with Gasteiger partial charge < -0.3 is 5.73 Å². The van der Waals surface area contributed by atoms with E-state index in [0.717, 1.165) is 12.2 Å². The molecule has 3 N–H and O–H groups in total. The minimum atomic E-state index is -0.111. The van der Waals surface area contributed by atoms with Crippen LogP contribution in [0.15, 0.2) is 36.7 Å². The Hall–Kier alpha value is -1.68. The smallest absolute Gasteiger partial charge is 0.141 e. The van der Waals surface area contributed by atoms with Crippen molar-refractivity contribution in [3.8, 4) is 0 Å². The predicted octanol–water partition coefficient (Wildman–Crippen LogP) is 1.05. The molecule has 4 heteroatoms. The van der Waals surface area contributed by atoms with E-state index in [0.29, 0.717) is 0 Å². The second kappa shape index (κ2) is 4.02. The Morgan fingerprint density at radius 2 is 2.07 bits per heavy atom. The van der Waals surface area contributed by atoms with Crippen LogP contribution < -0.4 is 5.73 Å². The minimum absolute atomic E-state index is 0.111. The van der Waals surface area contributed by atoms with Crippen LogP contribution >= 0.6 is 0 Å². The molecule has 0 aliphatic heterocycles. The number of benzene rings is 1. The van der Waals surface area contributed by atoms with Crippen LogP contribution in [0.5, 0.6) is 0 Å². The molecule has 0 bridgehead atoms. The predicted molar refractivity (Wildman–Crippen MR) is 53.5 cm³/mol. The summed E-state index contributed by atoms with van der Waals surface area (Å²) in [5.41, 5.74) is 7.14. The van der Waals surface area contributed by atoms with Gasteiger partial charge in [-0.15, -0.1) is 0 Å². The summed E-state index contributed by atoms with van der Waals surface area (Å²) in [5.74, 6) is 0.730. The van der Waals surface area contributed by atoms with Gasteiger partial charge >= 0.3 is 0 Å². The van der Waals surface area contributed by atoms with Crippen LogP contribution in [0, 0.1) is 0 Å². The molecule has 14 heavy (non-hydrogen) atoms. The summed E-state index contributed by atoms with van der Waals surface area (Å²) in [7, 11) is 0. The first-order chi connectivity index (χ1) is 6.86. The lowest BCUT2D eigenvalue weighted by atomic mass is 10.1. The number of rotatable bonds is 3. The van der Waals surface area contributed by atoms with Crippen molar-refractivity contribution in [3.05, 3.63) is 48.0 Å². The summed E-state index contributed by atoms with van der Waals surface area (Å²) in [6, 6.07) is 9.99. The highest BCUT2D eigenvalue weighted by atomic mass is 15.2. The number of H-pyrrole nitrogens is 1. The first kappa shape index (κ1) is 8.90. The fourth-order valence-electron chi connectivity index (χ4n) is 1.36. The van der Waals surface area contributed by atoms with E-state index < -0.39 is 0 Å². The number of nitrogens with one attached hydrogen (secondary N) is 1. The third-order valence-corrected chi connectivity index (χ3v) is 2.08. The standard InChI is InChI=1S/C10H12N4/c11-9(10-12-7-13-14-10)6-8-4-2-1-3-5-8/h1-5,7,9H,6,11H2,(H,12,13,14)/t9-/m0/s1. The first-order valence-electron chi connectivity index (χ1n) is 4.51. The monoisotopic (exact) mass is 188 g/mol. The van der Waals surface area contributed by atoms with Crippen LogP contribution in [-0.2, 0) is 6.42 Å². The Morgan fingerprint density at radius 1 is 1.29 bits per heavy atom. The molecular weight excluding hydrogens is 176 g/mol. The molecule has 0 spiro atoms. The largest absolute Gasteiger partial charge is 0.321 e. The lowest BCUT2D eigenvalue weighted by Crippen LogP contribution is -2.14. The highest BCUT2D eigenvalue weighted by molar-refractivity contribution is 5.16. The van der Waals surface area contributed by atoms with Gasteiger partial charge in [-0.05, 0) is 12.0 Å². The third-order valence-electron chi connectivity index (χ3n) is 2.08. The van der Waals surface area contributed by atoms with E-state index in [1.165, 1.54) is 11.9 Å². The number of aromatic amines is 1. The molecule has 0 aliphatic rings. The highest BCUT2D eigenvalue weighted by Gasteiger charge is 2.08. The summed E-state index contributed by atoms with van der Waals surface area (Å²) < 4.78 is 0. The molecule has 0 unspecified atom stereocenters. The summed E-state index contributed by atoms with van der Waals surface area (Å²) in [6.45, 7) is 0. The Balaban J connectivity index is 2.06. The molecule has 0 fully saturated rings. The molecule has 1 aromatic carbocycles. The maximum absolute atomic E-state index is 5.94. The highest BCUT2D eigenvalue weighted by Crippen LogP contribution is 2.10. The fraction of sp³-hybridized carbons (Fsp3) is 0.200. The van der Waals surface area contributed by atoms with Crippen molar-refractivity contribution in [3.63, 3.8) is 0 Å². The Labute approximate surface area is 82.2 Å². The minimum Gasteiger partial charge on any atom is -0.321 e. The molecular formula is C10H12N4. The Kier molecular flexibility index (Phi) is 2.55. The second-order valence-corrected chi connectivity index (χ2v) is 3.17. The Morgan fingerprint density at radius 3 is 2.71 bits per heavy atom. The van der Waals surface area contributed by atoms with Crippen LogP contribution in [0.4, 0.5) is 0 Å². The molecule has 0 saturated heterocycles. The number of aromatic nitrogens is 3. The second-order valence-electron chi connectivity index (χ2n) is 3.17. The van der Waals surface area contributed by atoms with E-state index in [-0.39, 0.29) is 6.04 Å². The average molecular weight is 188 g/mol. The van der Waals surface area contributed by atoms with Gasteiger partial charge in [0.1, 0.15) is 12.2 Å². The summed E-state index contributed by atoms with van der Waals surface area (Å²) in [5, 5.41) is 6.54. The normalized spacial score (nSPS) is 12.6. The van der Waals surface area contributed by atoms with Crippen LogP contribution in [-0.4, -0.2) is 15.2 Å². The van der Waals surface area contributed by atoms with Crippen LogP contribution in [0.3, 0.4) is 0 Å². The number of nitrogens with zero attached hydrogens (tertiary/aromatic N) is 2. The topological polar surface area (TPSA) is 67.6 Å². The van der Waals surface area contributed by atoms with E-state index >= 15 is 0 Å². The molecule has 0 radical (unpaired) electrons. The lowest BCUT2D eigenvalue weighted by molar-refractivity contribution is 0.671. The molecule has 0 amide bonds.